The summed E-state index contributed by atoms with van der Waals surface area (Å²) in [6, 6.07) is 7.87. The number of carbonyl (C=O) groups is 1. The first kappa shape index (κ1) is 14.4. The second kappa shape index (κ2) is 6.31. The molecule has 2 nitrogen and oxygen atoms in total. The van der Waals surface area contributed by atoms with Crippen LogP contribution in [0.3, 0.4) is 0 Å². The van der Waals surface area contributed by atoms with Crippen LogP contribution in [0.25, 0.3) is 0 Å². The number of carbonyl (C=O) groups excluding carboxylic acids is 1. The van der Waals surface area contributed by atoms with Crippen molar-refractivity contribution in [3.63, 3.8) is 0 Å². The van der Waals surface area contributed by atoms with E-state index in [-0.39, 0.29) is 11.3 Å². The third-order valence-electron chi connectivity index (χ3n) is 2.40. The second-order valence-corrected chi connectivity index (χ2v) is 6.09. The lowest BCUT2D eigenvalue weighted by Gasteiger charge is -2.20. The Morgan fingerprint density at radius 2 is 1.94 bits per heavy atom. The van der Waals surface area contributed by atoms with E-state index < -0.39 is 0 Å². The smallest absolute Gasteiger partial charge is 0.138 e. The third-order valence-corrected chi connectivity index (χ3v) is 3.18. The van der Waals surface area contributed by atoms with Crippen molar-refractivity contribution in [2.45, 2.75) is 39.2 Å². The molecule has 0 unspecified atom stereocenters. The normalized spacial score (nSPS) is 11.5. The van der Waals surface area contributed by atoms with E-state index in [4.69, 9.17) is 0 Å². The average molecular weight is 298 g/mol. The molecule has 0 amide bonds. The molecule has 0 fully saturated rings. The van der Waals surface area contributed by atoms with Gasteiger partial charge in [0.1, 0.15) is 5.78 Å². The zero-order valence-corrected chi connectivity index (χ0v) is 12.3. The summed E-state index contributed by atoms with van der Waals surface area (Å²) >= 11 is 3.46. The summed E-state index contributed by atoms with van der Waals surface area (Å²) in [4.78, 5) is 11.8. The predicted molar refractivity (Wildman–Crippen MR) is 75.2 cm³/mol. The molecule has 1 rings (SSSR count). The van der Waals surface area contributed by atoms with Crippen molar-refractivity contribution in [1.82, 2.24) is 5.32 Å². The predicted octanol–water partition coefficient (Wildman–Crippen LogP) is 3.34. The van der Waals surface area contributed by atoms with Crippen LogP contribution in [-0.4, -0.2) is 17.9 Å². The number of ketones is 1. The number of hydrogen-bond donors (Lipinski definition) is 1. The fraction of sp³-hybridized carbons (Fsp3) is 0.500. The summed E-state index contributed by atoms with van der Waals surface area (Å²) in [5, 5.41) is 3.32. The Morgan fingerprint density at radius 1 is 1.29 bits per heavy atom. The molecule has 0 atom stereocenters. The lowest BCUT2D eigenvalue weighted by molar-refractivity contribution is -0.118. The number of halogens is 1. The highest BCUT2D eigenvalue weighted by atomic mass is 79.9. The van der Waals surface area contributed by atoms with Gasteiger partial charge in [0.15, 0.2) is 0 Å². The summed E-state index contributed by atoms with van der Waals surface area (Å²) in [6.45, 7) is 7.05. The van der Waals surface area contributed by atoms with E-state index in [1.165, 1.54) is 0 Å². The fourth-order valence-corrected chi connectivity index (χ4v) is 1.94. The minimum Gasteiger partial charge on any atom is -0.312 e. The molecular weight excluding hydrogens is 278 g/mol. The molecule has 0 spiro atoms. The van der Waals surface area contributed by atoms with E-state index in [0.717, 1.165) is 16.6 Å². The fourth-order valence-electron chi connectivity index (χ4n) is 1.52. The number of benzene rings is 1. The van der Waals surface area contributed by atoms with Crippen LogP contribution in [0.4, 0.5) is 0 Å². The molecule has 0 saturated heterocycles. The summed E-state index contributed by atoms with van der Waals surface area (Å²) in [5.41, 5.74) is 1.14. The standard InChI is InChI=1S/C14H20BrNO/c1-14(2,3)16-9-8-12(17)10-11-6-4-5-7-13(11)15/h4-7,16H,8-10H2,1-3H3. The lowest BCUT2D eigenvalue weighted by Crippen LogP contribution is -2.37. The first-order chi connectivity index (χ1) is 7.88. The van der Waals surface area contributed by atoms with Gasteiger partial charge in [-0.2, -0.15) is 0 Å². The highest BCUT2D eigenvalue weighted by molar-refractivity contribution is 9.10. The van der Waals surface area contributed by atoms with Crippen molar-refractivity contribution < 1.29 is 4.79 Å². The summed E-state index contributed by atoms with van der Waals surface area (Å²) < 4.78 is 1.01. The maximum Gasteiger partial charge on any atom is 0.138 e. The van der Waals surface area contributed by atoms with Gasteiger partial charge in [0.05, 0.1) is 0 Å². The van der Waals surface area contributed by atoms with Gasteiger partial charge < -0.3 is 5.32 Å². The number of rotatable bonds is 5. The van der Waals surface area contributed by atoms with Gasteiger partial charge in [0.2, 0.25) is 0 Å². The Balaban J connectivity index is 2.38. The Hall–Kier alpha value is -0.670. The molecule has 0 aliphatic carbocycles. The minimum atomic E-state index is 0.0770. The van der Waals surface area contributed by atoms with Crippen molar-refractivity contribution in [3.05, 3.63) is 34.3 Å². The van der Waals surface area contributed by atoms with Crippen LogP contribution in [0.15, 0.2) is 28.7 Å². The minimum absolute atomic E-state index is 0.0770. The van der Waals surface area contributed by atoms with E-state index in [1.54, 1.807) is 0 Å². The van der Waals surface area contributed by atoms with Crippen LogP contribution in [0.1, 0.15) is 32.8 Å². The van der Waals surface area contributed by atoms with Crippen LogP contribution < -0.4 is 5.32 Å². The highest BCUT2D eigenvalue weighted by Gasteiger charge is 2.10. The molecule has 0 radical (unpaired) electrons. The molecule has 0 aliphatic rings. The van der Waals surface area contributed by atoms with Crippen LogP contribution in [0.2, 0.25) is 0 Å². The van der Waals surface area contributed by atoms with E-state index >= 15 is 0 Å². The number of nitrogens with one attached hydrogen (secondary N) is 1. The molecule has 0 bridgehead atoms. The molecule has 0 aliphatic heterocycles. The molecule has 94 valence electrons. The quantitative estimate of drug-likeness (QED) is 0.903. The molecule has 0 heterocycles. The van der Waals surface area contributed by atoms with Gasteiger partial charge in [0.25, 0.3) is 0 Å². The largest absolute Gasteiger partial charge is 0.312 e. The van der Waals surface area contributed by atoms with E-state index in [9.17, 15) is 4.79 Å². The van der Waals surface area contributed by atoms with E-state index in [0.29, 0.717) is 12.8 Å². The summed E-state index contributed by atoms with van der Waals surface area (Å²) in [5.74, 6) is 0.272. The maximum absolute atomic E-state index is 11.8. The summed E-state index contributed by atoms with van der Waals surface area (Å²) in [7, 11) is 0. The van der Waals surface area contributed by atoms with Gasteiger partial charge in [0, 0.05) is 29.4 Å². The van der Waals surface area contributed by atoms with Crippen molar-refractivity contribution in [1.29, 1.82) is 0 Å². The van der Waals surface area contributed by atoms with E-state index in [1.807, 2.05) is 24.3 Å². The van der Waals surface area contributed by atoms with Gasteiger partial charge in [-0.3, -0.25) is 4.79 Å². The first-order valence-electron chi connectivity index (χ1n) is 5.88. The monoisotopic (exact) mass is 297 g/mol. The Bertz CT molecular complexity index is 382. The molecule has 17 heavy (non-hydrogen) atoms. The zero-order valence-electron chi connectivity index (χ0n) is 10.7. The van der Waals surface area contributed by atoms with Crippen molar-refractivity contribution >= 4 is 21.7 Å². The zero-order chi connectivity index (χ0) is 12.9. The molecule has 1 aromatic carbocycles. The molecule has 1 aromatic rings. The molecule has 3 heteroatoms. The van der Waals surface area contributed by atoms with Crippen LogP contribution in [-0.2, 0) is 11.2 Å². The molecule has 0 aromatic heterocycles. The Kier molecular flexibility index (Phi) is 5.34. The van der Waals surface area contributed by atoms with Crippen LogP contribution >= 0.6 is 15.9 Å². The maximum atomic E-state index is 11.8. The Labute approximate surface area is 112 Å². The van der Waals surface area contributed by atoms with Gasteiger partial charge in [-0.05, 0) is 32.4 Å². The van der Waals surface area contributed by atoms with Gasteiger partial charge in [-0.15, -0.1) is 0 Å². The van der Waals surface area contributed by atoms with Gasteiger partial charge in [-0.25, -0.2) is 0 Å². The average Bonchev–Trinajstić information content (AvgIpc) is 2.19. The molecular formula is C14H20BrNO. The summed E-state index contributed by atoms with van der Waals surface area (Å²) in [6.07, 6.45) is 1.09. The van der Waals surface area contributed by atoms with Crippen molar-refractivity contribution in [2.75, 3.05) is 6.54 Å². The van der Waals surface area contributed by atoms with Crippen molar-refractivity contribution in [2.24, 2.45) is 0 Å². The molecule has 0 saturated carbocycles. The van der Waals surface area contributed by atoms with E-state index in [2.05, 4.69) is 42.0 Å². The number of hydrogen-bond acceptors (Lipinski definition) is 2. The second-order valence-electron chi connectivity index (χ2n) is 5.23. The van der Waals surface area contributed by atoms with Crippen LogP contribution in [0, 0.1) is 0 Å². The first-order valence-corrected chi connectivity index (χ1v) is 6.68. The highest BCUT2D eigenvalue weighted by Crippen LogP contribution is 2.16. The van der Waals surface area contributed by atoms with Gasteiger partial charge >= 0.3 is 0 Å². The molecule has 1 N–H and O–H groups in total. The Morgan fingerprint density at radius 3 is 2.53 bits per heavy atom. The third kappa shape index (κ3) is 5.99. The van der Waals surface area contributed by atoms with Gasteiger partial charge in [-0.1, -0.05) is 34.1 Å². The SMILES string of the molecule is CC(C)(C)NCCC(=O)Cc1ccccc1Br. The van der Waals surface area contributed by atoms with Crippen LogP contribution in [0.5, 0.6) is 0 Å². The number of Topliss-reactive ketones (excluding diaryl/α,β-unsaturated/α-hetero) is 1. The van der Waals surface area contributed by atoms with Crippen molar-refractivity contribution in [3.8, 4) is 0 Å². The lowest BCUT2D eigenvalue weighted by atomic mass is 10.1. The topological polar surface area (TPSA) is 29.1 Å².